The van der Waals surface area contributed by atoms with Crippen molar-refractivity contribution in [2.45, 2.75) is 13.5 Å². The van der Waals surface area contributed by atoms with Crippen LogP contribution in [-0.4, -0.2) is 10.9 Å². The molecule has 3 nitrogen and oxygen atoms in total. The lowest BCUT2D eigenvalue weighted by Crippen LogP contribution is -2.23. The van der Waals surface area contributed by atoms with Gasteiger partial charge in [0.05, 0.1) is 5.69 Å². The quantitative estimate of drug-likeness (QED) is 0.478. The van der Waals surface area contributed by atoms with Gasteiger partial charge in [-0.15, -0.1) is 11.3 Å². The smallest absolute Gasteiger partial charge is 0.251 e. The lowest BCUT2D eigenvalue weighted by Gasteiger charge is -2.08. The molecule has 3 aromatic carbocycles. The number of hydrogen-bond acceptors (Lipinski definition) is 3. The predicted molar refractivity (Wildman–Crippen MR) is 115 cm³/mol. The molecule has 1 heterocycles. The highest BCUT2D eigenvalue weighted by Gasteiger charge is 2.09. The molecule has 138 valence electrons. The number of hydrogen-bond donors (Lipinski definition) is 1. The highest BCUT2D eigenvalue weighted by atomic mass is 32.1. The largest absolute Gasteiger partial charge is 0.348 e. The van der Waals surface area contributed by atoms with Gasteiger partial charge in [0.2, 0.25) is 0 Å². The van der Waals surface area contributed by atoms with E-state index in [1.54, 1.807) is 11.3 Å². The average molecular weight is 385 g/mol. The Balaban J connectivity index is 1.42. The monoisotopic (exact) mass is 384 g/mol. The van der Waals surface area contributed by atoms with Crippen molar-refractivity contribution in [3.05, 3.63) is 101 Å². The van der Waals surface area contributed by atoms with E-state index in [-0.39, 0.29) is 5.91 Å². The molecule has 4 heteroatoms. The first-order valence-electron chi connectivity index (χ1n) is 9.15. The third-order valence-electron chi connectivity index (χ3n) is 4.62. The number of nitrogens with zero attached hydrogens (tertiary/aromatic N) is 1. The number of aryl methyl sites for hydroxylation is 1. The third kappa shape index (κ3) is 4.02. The fourth-order valence-corrected chi connectivity index (χ4v) is 3.85. The van der Waals surface area contributed by atoms with E-state index in [4.69, 9.17) is 4.98 Å². The van der Waals surface area contributed by atoms with Crippen LogP contribution in [0.2, 0.25) is 0 Å². The van der Waals surface area contributed by atoms with Crippen LogP contribution in [0.5, 0.6) is 0 Å². The molecule has 4 rings (SSSR count). The summed E-state index contributed by atoms with van der Waals surface area (Å²) in [5.74, 6) is -0.0467. The average Bonchev–Trinajstić information content (AvgIpc) is 3.24. The van der Waals surface area contributed by atoms with Crippen LogP contribution in [0.1, 0.15) is 21.5 Å². The zero-order chi connectivity index (χ0) is 19.3. The summed E-state index contributed by atoms with van der Waals surface area (Å²) >= 11 is 1.64. The topological polar surface area (TPSA) is 42.0 Å². The summed E-state index contributed by atoms with van der Waals surface area (Å²) in [5.41, 5.74) is 5.96. The van der Waals surface area contributed by atoms with Crippen molar-refractivity contribution in [2.24, 2.45) is 0 Å². The van der Waals surface area contributed by atoms with Crippen LogP contribution in [0.4, 0.5) is 0 Å². The number of rotatable bonds is 5. The van der Waals surface area contributed by atoms with Gasteiger partial charge in [0.1, 0.15) is 5.01 Å². The molecule has 28 heavy (non-hydrogen) atoms. The van der Waals surface area contributed by atoms with Gasteiger partial charge >= 0.3 is 0 Å². The number of carbonyl (C=O) groups is 1. The van der Waals surface area contributed by atoms with Crippen LogP contribution in [0.25, 0.3) is 21.8 Å². The standard InChI is InChI=1S/C24H20N2OS/c1-17-7-5-6-10-21(17)23(27)25-15-18-11-13-20(14-12-18)24-26-22(16-28-24)19-8-3-2-4-9-19/h2-14,16H,15H2,1H3,(H,25,27). The van der Waals surface area contributed by atoms with Gasteiger partial charge < -0.3 is 5.32 Å². The van der Waals surface area contributed by atoms with Gasteiger partial charge in [-0.25, -0.2) is 4.98 Å². The number of thiazole rings is 1. The van der Waals surface area contributed by atoms with Gasteiger partial charge in [0.15, 0.2) is 0 Å². The first kappa shape index (κ1) is 18.1. The van der Waals surface area contributed by atoms with Crippen molar-refractivity contribution in [1.82, 2.24) is 10.3 Å². The van der Waals surface area contributed by atoms with E-state index in [0.29, 0.717) is 6.54 Å². The van der Waals surface area contributed by atoms with Gasteiger partial charge in [0.25, 0.3) is 5.91 Å². The van der Waals surface area contributed by atoms with Crippen LogP contribution >= 0.6 is 11.3 Å². The molecule has 0 fully saturated rings. The Morgan fingerprint density at radius 3 is 2.36 bits per heavy atom. The van der Waals surface area contributed by atoms with Crippen LogP contribution in [0.3, 0.4) is 0 Å². The van der Waals surface area contributed by atoms with Gasteiger partial charge in [-0.2, -0.15) is 0 Å². The molecule has 0 unspecified atom stereocenters. The van der Waals surface area contributed by atoms with Gasteiger partial charge in [-0.05, 0) is 24.1 Å². The highest BCUT2D eigenvalue weighted by molar-refractivity contribution is 7.13. The van der Waals surface area contributed by atoms with Crippen molar-refractivity contribution >= 4 is 17.2 Å². The van der Waals surface area contributed by atoms with E-state index in [0.717, 1.165) is 38.5 Å². The summed E-state index contributed by atoms with van der Waals surface area (Å²) in [5, 5.41) is 6.07. The van der Waals surface area contributed by atoms with Gasteiger partial charge in [-0.1, -0.05) is 72.8 Å². The first-order valence-corrected chi connectivity index (χ1v) is 10.0. The van der Waals surface area contributed by atoms with Crippen molar-refractivity contribution in [1.29, 1.82) is 0 Å². The second kappa shape index (κ2) is 8.19. The summed E-state index contributed by atoms with van der Waals surface area (Å²) in [6.45, 7) is 2.45. The Morgan fingerprint density at radius 2 is 1.61 bits per heavy atom. The number of carbonyl (C=O) groups excluding carboxylic acids is 1. The van der Waals surface area contributed by atoms with Crippen molar-refractivity contribution < 1.29 is 4.79 Å². The Morgan fingerprint density at radius 1 is 0.893 bits per heavy atom. The Bertz CT molecular complexity index is 1090. The normalized spacial score (nSPS) is 10.6. The molecule has 4 aromatic rings. The maximum atomic E-state index is 12.3. The van der Waals surface area contributed by atoms with Crippen molar-refractivity contribution in [3.8, 4) is 21.8 Å². The van der Waals surface area contributed by atoms with E-state index in [2.05, 4.69) is 35.0 Å². The minimum atomic E-state index is -0.0467. The fourth-order valence-electron chi connectivity index (χ4n) is 3.02. The van der Waals surface area contributed by atoms with E-state index < -0.39 is 0 Å². The summed E-state index contributed by atoms with van der Waals surface area (Å²) in [6, 6.07) is 26.0. The molecule has 0 bridgehead atoms. The van der Waals surface area contributed by atoms with Crippen molar-refractivity contribution in [3.63, 3.8) is 0 Å². The van der Waals surface area contributed by atoms with E-state index >= 15 is 0 Å². The van der Waals surface area contributed by atoms with Crippen LogP contribution in [0, 0.1) is 6.92 Å². The fraction of sp³-hybridized carbons (Fsp3) is 0.0833. The van der Waals surface area contributed by atoms with E-state index in [9.17, 15) is 4.79 Å². The summed E-state index contributed by atoms with van der Waals surface area (Å²) in [6.07, 6.45) is 0. The molecule has 0 spiro atoms. The number of nitrogens with one attached hydrogen (secondary N) is 1. The molecule has 1 amide bonds. The van der Waals surface area contributed by atoms with Crippen LogP contribution in [0.15, 0.2) is 84.2 Å². The van der Waals surface area contributed by atoms with E-state index in [1.807, 2.05) is 61.5 Å². The molecule has 0 atom stereocenters. The number of benzene rings is 3. The third-order valence-corrected chi connectivity index (χ3v) is 5.51. The summed E-state index contributed by atoms with van der Waals surface area (Å²) in [7, 11) is 0. The maximum Gasteiger partial charge on any atom is 0.251 e. The second-order valence-electron chi connectivity index (χ2n) is 6.60. The first-order chi connectivity index (χ1) is 13.7. The molecule has 0 saturated heterocycles. The molecule has 0 aliphatic carbocycles. The summed E-state index contributed by atoms with van der Waals surface area (Å²) < 4.78 is 0. The Hall–Kier alpha value is -3.24. The number of amides is 1. The molecule has 1 N–H and O–H groups in total. The molecule has 0 radical (unpaired) electrons. The molecular formula is C24H20N2OS. The summed E-state index contributed by atoms with van der Waals surface area (Å²) in [4.78, 5) is 17.1. The lowest BCUT2D eigenvalue weighted by molar-refractivity contribution is 0.0950. The zero-order valence-electron chi connectivity index (χ0n) is 15.6. The SMILES string of the molecule is Cc1ccccc1C(=O)NCc1ccc(-c2nc(-c3ccccc3)cs2)cc1. The minimum absolute atomic E-state index is 0.0467. The maximum absolute atomic E-state index is 12.3. The lowest BCUT2D eigenvalue weighted by atomic mass is 10.1. The Labute approximate surface area is 168 Å². The molecule has 0 aliphatic heterocycles. The molecule has 0 saturated carbocycles. The predicted octanol–water partition coefficient (Wildman–Crippen LogP) is 5.72. The highest BCUT2D eigenvalue weighted by Crippen LogP contribution is 2.28. The van der Waals surface area contributed by atoms with Crippen LogP contribution in [-0.2, 0) is 6.54 Å². The van der Waals surface area contributed by atoms with Crippen LogP contribution < -0.4 is 5.32 Å². The molecule has 1 aromatic heterocycles. The number of aromatic nitrogens is 1. The molecule has 0 aliphatic rings. The zero-order valence-corrected chi connectivity index (χ0v) is 16.4. The van der Waals surface area contributed by atoms with Gasteiger partial charge in [0, 0.05) is 28.6 Å². The van der Waals surface area contributed by atoms with Gasteiger partial charge in [-0.3, -0.25) is 4.79 Å². The second-order valence-corrected chi connectivity index (χ2v) is 7.46. The van der Waals surface area contributed by atoms with Crippen molar-refractivity contribution in [2.75, 3.05) is 0 Å². The van der Waals surface area contributed by atoms with E-state index in [1.165, 1.54) is 0 Å². The Kier molecular flexibility index (Phi) is 5.31. The minimum Gasteiger partial charge on any atom is -0.348 e. The molecular weight excluding hydrogens is 364 g/mol.